The lowest BCUT2D eigenvalue weighted by Crippen LogP contribution is -2.27. The quantitative estimate of drug-likeness (QED) is 0.752. The minimum atomic E-state index is 0.0546. The van der Waals surface area contributed by atoms with Gasteiger partial charge in [-0.25, -0.2) is 0 Å². The fourth-order valence-corrected chi connectivity index (χ4v) is 1.37. The molecule has 0 saturated carbocycles. The van der Waals surface area contributed by atoms with Crippen molar-refractivity contribution in [3.05, 3.63) is 35.9 Å². The average Bonchev–Trinajstić information content (AvgIpc) is 2.38. The van der Waals surface area contributed by atoms with Crippen LogP contribution in [0.15, 0.2) is 30.3 Å². The van der Waals surface area contributed by atoms with E-state index in [1.807, 2.05) is 25.1 Å². The van der Waals surface area contributed by atoms with Crippen molar-refractivity contribution in [3.8, 4) is 0 Å². The van der Waals surface area contributed by atoms with E-state index in [4.69, 9.17) is 0 Å². The SMILES string of the molecule is CCCN(C)C(=O)CCC=O.Cc1ccccc1. The number of aryl methyl sites for hydroxylation is 1. The predicted octanol–water partition coefficient (Wildman–Crippen LogP) is 2.83. The van der Waals surface area contributed by atoms with Gasteiger partial charge in [-0.1, -0.05) is 42.8 Å². The van der Waals surface area contributed by atoms with Gasteiger partial charge in [-0.2, -0.15) is 0 Å². The number of carbonyl (C=O) groups excluding carboxylic acids is 2. The first-order valence-corrected chi connectivity index (χ1v) is 6.31. The number of carbonyl (C=O) groups is 2. The van der Waals surface area contributed by atoms with Crippen LogP contribution in [-0.2, 0) is 9.59 Å². The van der Waals surface area contributed by atoms with Gasteiger partial charge >= 0.3 is 0 Å². The maximum Gasteiger partial charge on any atom is 0.222 e. The maximum absolute atomic E-state index is 11.1. The number of aldehydes is 1. The van der Waals surface area contributed by atoms with Gasteiger partial charge in [0, 0.05) is 26.4 Å². The molecule has 1 rings (SSSR count). The van der Waals surface area contributed by atoms with Crippen LogP contribution in [0.3, 0.4) is 0 Å². The highest BCUT2D eigenvalue weighted by molar-refractivity contribution is 5.77. The molecule has 0 radical (unpaired) electrons. The minimum absolute atomic E-state index is 0.0546. The van der Waals surface area contributed by atoms with Crippen molar-refractivity contribution in [1.29, 1.82) is 0 Å². The van der Waals surface area contributed by atoms with Crippen LogP contribution < -0.4 is 0 Å². The smallest absolute Gasteiger partial charge is 0.222 e. The summed E-state index contributed by atoms with van der Waals surface area (Å²) in [6.07, 6.45) is 2.42. The summed E-state index contributed by atoms with van der Waals surface area (Å²) in [4.78, 5) is 22.6. The molecule has 0 spiro atoms. The van der Waals surface area contributed by atoms with Gasteiger partial charge in [0.25, 0.3) is 0 Å². The molecule has 0 aromatic heterocycles. The van der Waals surface area contributed by atoms with Crippen LogP contribution in [0.25, 0.3) is 0 Å². The van der Waals surface area contributed by atoms with Crippen LogP contribution in [-0.4, -0.2) is 30.7 Å². The first-order valence-electron chi connectivity index (χ1n) is 6.31. The Morgan fingerprint density at radius 3 is 2.28 bits per heavy atom. The molecule has 0 heterocycles. The van der Waals surface area contributed by atoms with Crippen molar-refractivity contribution in [3.63, 3.8) is 0 Å². The van der Waals surface area contributed by atoms with Crippen LogP contribution in [0.2, 0.25) is 0 Å². The fraction of sp³-hybridized carbons (Fsp3) is 0.467. The van der Waals surface area contributed by atoms with Gasteiger partial charge in [-0.05, 0) is 13.3 Å². The molecule has 0 aliphatic carbocycles. The highest BCUT2D eigenvalue weighted by Gasteiger charge is 2.05. The number of benzene rings is 1. The Balaban J connectivity index is 0.000000351. The molecule has 0 atom stereocenters. The highest BCUT2D eigenvalue weighted by atomic mass is 16.2. The molecule has 0 fully saturated rings. The lowest BCUT2D eigenvalue weighted by molar-refractivity contribution is -0.130. The number of hydrogen-bond donors (Lipinski definition) is 0. The predicted molar refractivity (Wildman–Crippen MR) is 74.4 cm³/mol. The first kappa shape index (κ1) is 16.4. The third-order valence-corrected chi connectivity index (χ3v) is 2.40. The fourth-order valence-electron chi connectivity index (χ4n) is 1.37. The number of nitrogens with zero attached hydrogens (tertiary/aromatic N) is 1. The van der Waals surface area contributed by atoms with Crippen molar-refractivity contribution in [2.75, 3.05) is 13.6 Å². The van der Waals surface area contributed by atoms with Crippen LogP contribution in [0, 0.1) is 6.92 Å². The van der Waals surface area contributed by atoms with E-state index >= 15 is 0 Å². The second-order valence-corrected chi connectivity index (χ2v) is 4.18. The number of rotatable bonds is 5. The Bertz CT molecular complexity index is 336. The van der Waals surface area contributed by atoms with Crippen molar-refractivity contribution in [2.45, 2.75) is 33.1 Å². The molecule has 3 nitrogen and oxygen atoms in total. The molecular weight excluding hydrogens is 226 g/mol. The first-order chi connectivity index (χ1) is 8.61. The second-order valence-electron chi connectivity index (χ2n) is 4.18. The van der Waals surface area contributed by atoms with Gasteiger partial charge in [0.2, 0.25) is 5.91 Å². The number of hydrogen-bond acceptors (Lipinski definition) is 2. The van der Waals surface area contributed by atoms with E-state index in [9.17, 15) is 9.59 Å². The van der Waals surface area contributed by atoms with Crippen molar-refractivity contribution >= 4 is 12.2 Å². The van der Waals surface area contributed by atoms with E-state index < -0.39 is 0 Å². The zero-order valence-corrected chi connectivity index (χ0v) is 11.6. The molecule has 1 aromatic rings. The average molecular weight is 249 g/mol. The molecule has 100 valence electrons. The van der Waals surface area contributed by atoms with Crippen molar-refractivity contribution in [2.24, 2.45) is 0 Å². The van der Waals surface area contributed by atoms with Gasteiger partial charge in [-0.15, -0.1) is 0 Å². The lowest BCUT2D eigenvalue weighted by atomic mass is 10.2. The molecule has 0 N–H and O–H groups in total. The normalized spacial score (nSPS) is 9.06. The zero-order valence-electron chi connectivity index (χ0n) is 11.6. The lowest BCUT2D eigenvalue weighted by Gasteiger charge is -2.14. The maximum atomic E-state index is 11.1. The monoisotopic (exact) mass is 249 g/mol. The summed E-state index contributed by atoms with van der Waals surface area (Å²) in [6, 6.07) is 10.3. The summed E-state index contributed by atoms with van der Waals surface area (Å²) in [5.74, 6) is 0.0546. The molecule has 1 aromatic carbocycles. The van der Waals surface area contributed by atoms with E-state index in [1.165, 1.54) is 5.56 Å². The largest absolute Gasteiger partial charge is 0.346 e. The Hall–Kier alpha value is -1.64. The van der Waals surface area contributed by atoms with E-state index in [-0.39, 0.29) is 5.91 Å². The summed E-state index contributed by atoms with van der Waals surface area (Å²) in [5, 5.41) is 0. The summed E-state index contributed by atoms with van der Waals surface area (Å²) in [6.45, 7) is 4.88. The Morgan fingerprint density at radius 1 is 1.28 bits per heavy atom. The van der Waals surface area contributed by atoms with E-state index in [1.54, 1.807) is 11.9 Å². The summed E-state index contributed by atoms with van der Waals surface area (Å²) in [7, 11) is 1.76. The summed E-state index contributed by atoms with van der Waals surface area (Å²) < 4.78 is 0. The third kappa shape index (κ3) is 8.50. The van der Waals surface area contributed by atoms with Gasteiger partial charge < -0.3 is 9.69 Å². The van der Waals surface area contributed by atoms with E-state index in [0.717, 1.165) is 19.3 Å². The summed E-state index contributed by atoms with van der Waals surface area (Å²) in [5.41, 5.74) is 1.32. The van der Waals surface area contributed by atoms with Gasteiger partial charge in [0.1, 0.15) is 6.29 Å². The van der Waals surface area contributed by atoms with Gasteiger partial charge in [0.05, 0.1) is 0 Å². The van der Waals surface area contributed by atoms with Crippen LogP contribution in [0.4, 0.5) is 0 Å². The standard InChI is InChI=1S/C8H15NO2.C7H8/c1-3-6-9(2)8(11)5-4-7-10;1-7-5-3-2-4-6-7/h7H,3-6H2,1-2H3;2-6H,1H3. The van der Waals surface area contributed by atoms with Gasteiger partial charge in [-0.3, -0.25) is 4.79 Å². The third-order valence-electron chi connectivity index (χ3n) is 2.40. The number of amides is 1. The van der Waals surface area contributed by atoms with Crippen LogP contribution in [0.5, 0.6) is 0 Å². The molecule has 0 unspecified atom stereocenters. The molecule has 0 bridgehead atoms. The molecule has 3 heteroatoms. The molecular formula is C15H23NO2. The van der Waals surface area contributed by atoms with E-state index in [2.05, 4.69) is 19.1 Å². The Labute approximate surface area is 110 Å². The van der Waals surface area contributed by atoms with Crippen molar-refractivity contribution < 1.29 is 9.59 Å². The summed E-state index contributed by atoms with van der Waals surface area (Å²) >= 11 is 0. The molecule has 18 heavy (non-hydrogen) atoms. The molecule has 0 saturated heterocycles. The molecule has 1 amide bonds. The highest BCUT2D eigenvalue weighted by Crippen LogP contribution is 1.94. The van der Waals surface area contributed by atoms with E-state index in [0.29, 0.717) is 12.8 Å². The second kappa shape index (κ2) is 10.5. The topological polar surface area (TPSA) is 37.4 Å². The van der Waals surface area contributed by atoms with Gasteiger partial charge in [0.15, 0.2) is 0 Å². The van der Waals surface area contributed by atoms with Crippen molar-refractivity contribution in [1.82, 2.24) is 4.90 Å². The zero-order chi connectivity index (χ0) is 13.8. The van der Waals surface area contributed by atoms with Crippen LogP contribution in [0.1, 0.15) is 31.7 Å². The molecule has 0 aliphatic heterocycles. The Kier molecular flexibility index (Phi) is 9.55. The molecule has 0 aliphatic rings. The van der Waals surface area contributed by atoms with Crippen LogP contribution >= 0.6 is 0 Å². The minimum Gasteiger partial charge on any atom is -0.346 e. The Morgan fingerprint density at radius 2 is 1.89 bits per heavy atom.